The number of hydrogen-bond donors (Lipinski definition) is 0. The van der Waals surface area contributed by atoms with Gasteiger partial charge in [-0.1, -0.05) is 29.8 Å². The summed E-state index contributed by atoms with van der Waals surface area (Å²) in [7, 11) is 1.57. The van der Waals surface area contributed by atoms with E-state index in [9.17, 15) is 14.4 Å². The first-order valence-corrected chi connectivity index (χ1v) is 10.4. The third kappa shape index (κ3) is 2.70. The van der Waals surface area contributed by atoms with E-state index in [2.05, 4.69) is 4.90 Å². The molecule has 2 aromatic rings. The van der Waals surface area contributed by atoms with Crippen molar-refractivity contribution in [1.82, 2.24) is 4.90 Å². The number of amides is 2. The van der Waals surface area contributed by atoms with Crippen molar-refractivity contribution in [2.24, 2.45) is 11.8 Å². The van der Waals surface area contributed by atoms with Gasteiger partial charge in [0.05, 0.1) is 30.7 Å². The Balaban J connectivity index is 1.52. The summed E-state index contributed by atoms with van der Waals surface area (Å²) in [5.41, 5.74) is 2.21. The largest absolute Gasteiger partial charge is 0.497 e. The van der Waals surface area contributed by atoms with Gasteiger partial charge in [-0.25, -0.2) is 4.90 Å². The molecule has 6 nitrogen and oxygen atoms in total. The first kappa shape index (κ1) is 19.0. The number of hydrogen-bond acceptors (Lipinski definition) is 5. The molecule has 0 bridgehead atoms. The van der Waals surface area contributed by atoms with Gasteiger partial charge < -0.3 is 4.74 Å². The predicted octanol–water partition coefficient (Wildman–Crippen LogP) is 2.84. The summed E-state index contributed by atoms with van der Waals surface area (Å²) in [5.74, 6) is -0.943. The zero-order valence-corrected chi connectivity index (χ0v) is 17.1. The van der Waals surface area contributed by atoms with Gasteiger partial charge >= 0.3 is 0 Å². The Morgan fingerprint density at radius 2 is 1.63 bits per heavy atom. The number of benzene rings is 2. The lowest BCUT2D eigenvalue weighted by Crippen LogP contribution is -2.46. The molecule has 2 amide bonds. The van der Waals surface area contributed by atoms with Crippen molar-refractivity contribution in [3.05, 3.63) is 59.7 Å². The second-order valence-corrected chi connectivity index (χ2v) is 8.38. The lowest BCUT2D eigenvalue weighted by Gasteiger charge is -2.27. The van der Waals surface area contributed by atoms with Crippen LogP contribution in [0.1, 0.15) is 28.8 Å². The van der Waals surface area contributed by atoms with E-state index in [4.69, 9.17) is 4.74 Å². The number of carbonyl (C=O) groups excluding carboxylic acids is 3. The molecule has 0 aromatic heterocycles. The molecule has 30 heavy (non-hydrogen) atoms. The van der Waals surface area contributed by atoms with E-state index in [-0.39, 0.29) is 23.6 Å². The minimum absolute atomic E-state index is 0.0471. The van der Waals surface area contributed by atoms with Crippen LogP contribution in [0.4, 0.5) is 5.69 Å². The van der Waals surface area contributed by atoms with E-state index in [0.717, 1.165) is 24.9 Å². The van der Waals surface area contributed by atoms with Crippen LogP contribution in [0.3, 0.4) is 0 Å². The van der Waals surface area contributed by atoms with Crippen molar-refractivity contribution < 1.29 is 19.1 Å². The monoisotopic (exact) mass is 404 g/mol. The fraction of sp³-hybridized carbons (Fsp3) is 0.375. The van der Waals surface area contributed by atoms with Crippen molar-refractivity contribution in [1.29, 1.82) is 0 Å². The second kappa shape index (κ2) is 7.06. The van der Waals surface area contributed by atoms with Gasteiger partial charge in [0.15, 0.2) is 5.78 Å². The average Bonchev–Trinajstić information content (AvgIpc) is 3.40. The molecule has 3 aliphatic rings. The van der Waals surface area contributed by atoms with E-state index >= 15 is 0 Å². The molecule has 0 N–H and O–H groups in total. The molecule has 154 valence electrons. The van der Waals surface area contributed by atoms with Crippen LogP contribution in [0.5, 0.6) is 5.75 Å². The summed E-state index contributed by atoms with van der Waals surface area (Å²) in [6, 6.07) is 13.7. The molecule has 4 atom stereocenters. The smallest absolute Gasteiger partial charge is 0.239 e. The van der Waals surface area contributed by atoms with Gasteiger partial charge in [0.2, 0.25) is 11.8 Å². The molecule has 0 aliphatic carbocycles. The normalized spacial score (nSPS) is 28.0. The molecular formula is C24H24N2O4. The lowest BCUT2D eigenvalue weighted by atomic mass is 9.85. The fourth-order valence-electron chi connectivity index (χ4n) is 5.39. The number of Topliss-reactive ketones (excluding diaryl/α,β-unsaturated/α-hetero) is 1. The minimum atomic E-state index is -0.626. The number of aryl methyl sites for hydroxylation is 1. The first-order chi connectivity index (χ1) is 14.5. The number of ketones is 1. The van der Waals surface area contributed by atoms with Crippen molar-refractivity contribution in [3.8, 4) is 5.75 Å². The second-order valence-electron chi connectivity index (χ2n) is 8.38. The topological polar surface area (TPSA) is 66.9 Å². The molecule has 2 aromatic carbocycles. The highest BCUT2D eigenvalue weighted by Gasteiger charge is 2.64. The molecule has 3 fully saturated rings. The number of fused-ring (bicyclic) bond motifs is 3. The quantitative estimate of drug-likeness (QED) is 0.579. The zero-order chi connectivity index (χ0) is 21.0. The maximum Gasteiger partial charge on any atom is 0.239 e. The van der Waals surface area contributed by atoms with Gasteiger partial charge in [-0.2, -0.15) is 0 Å². The molecule has 0 unspecified atom stereocenters. The summed E-state index contributed by atoms with van der Waals surface area (Å²) in [5, 5.41) is 0. The Morgan fingerprint density at radius 1 is 0.967 bits per heavy atom. The maximum atomic E-state index is 13.5. The Morgan fingerprint density at radius 3 is 2.30 bits per heavy atom. The van der Waals surface area contributed by atoms with Gasteiger partial charge in [-0.3, -0.25) is 19.3 Å². The van der Waals surface area contributed by atoms with E-state index in [1.807, 2.05) is 31.2 Å². The highest BCUT2D eigenvalue weighted by Crippen LogP contribution is 2.48. The SMILES string of the molecule is COc1ccc(N2C(=O)[C@@H]3[C@H](C2=O)[C@H]2CCCN2[C@H]3C(=O)c2ccc(C)cc2)cc1. The molecule has 6 heteroatoms. The number of rotatable bonds is 4. The van der Waals surface area contributed by atoms with Crippen LogP contribution >= 0.6 is 0 Å². The van der Waals surface area contributed by atoms with E-state index < -0.39 is 17.9 Å². The predicted molar refractivity (Wildman–Crippen MR) is 111 cm³/mol. The lowest BCUT2D eigenvalue weighted by molar-refractivity contribution is -0.123. The molecule has 3 saturated heterocycles. The summed E-state index contributed by atoms with van der Waals surface area (Å²) in [4.78, 5) is 43.7. The van der Waals surface area contributed by atoms with Crippen LogP contribution in [-0.4, -0.2) is 48.2 Å². The highest BCUT2D eigenvalue weighted by atomic mass is 16.5. The van der Waals surface area contributed by atoms with E-state index in [1.165, 1.54) is 4.90 Å². The Hall–Kier alpha value is -2.99. The van der Waals surface area contributed by atoms with Crippen molar-refractivity contribution in [2.45, 2.75) is 31.8 Å². The molecule has 3 aliphatic heterocycles. The highest BCUT2D eigenvalue weighted by molar-refractivity contribution is 6.24. The first-order valence-electron chi connectivity index (χ1n) is 10.4. The summed E-state index contributed by atoms with van der Waals surface area (Å²) >= 11 is 0. The van der Waals surface area contributed by atoms with E-state index in [0.29, 0.717) is 17.0 Å². The summed E-state index contributed by atoms with van der Waals surface area (Å²) in [6.45, 7) is 2.73. The van der Waals surface area contributed by atoms with Crippen LogP contribution < -0.4 is 9.64 Å². The number of carbonyl (C=O) groups is 3. The van der Waals surface area contributed by atoms with Crippen LogP contribution in [0.2, 0.25) is 0 Å². The van der Waals surface area contributed by atoms with Crippen LogP contribution in [0.25, 0.3) is 0 Å². The third-order valence-electron chi connectivity index (χ3n) is 6.79. The Labute approximate surface area is 175 Å². The molecule has 5 rings (SSSR count). The van der Waals surface area contributed by atoms with Crippen LogP contribution in [-0.2, 0) is 9.59 Å². The van der Waals surface area contributed by atoms with Gasteiger partial charge in [0.1, 0.15) is 5.75 Å². The standard InChI is InChI=1S/C24H24N2O4/c1-14-5-7-15(8-6-14)22(27)21-20-19(18-4-3-13-25(18)21)23(28)26(24(20)29)16-9-11-17(30-2)12-10-16/h5-12,18-21H,3-4,13H2,1-2H3/t18-,19-,20-,21-/m1/s1. The Kier molecular flexibility index (Phi) is 4.47. The van der Waals surface area contributed by atoms with Crippen molar-refractivity contribution in [3.63, 3.8) is 0 Å². The molecule has 0 spiro atoms. The zero-order valence-electron chi connectivity index (χ0n) is 17.1. The summed E-state index contributed by atoms with van der Waals surface area (Å²) in [6.07, 6.45) is 1.78. The van der Waals surface area contributed by atoms with Gasteiger partial charge in [0.25, 0.3) is 0 Å². The number of methoxy groups -OCH3 is 1. The minimum Gasteiger partial charge on any atom is -0.497 e. The van der Waals surface area contributed by atoms with Crippen LogP contribution in [0, 0.1) is 18.8 Å². The molecule has 0 radical (unpaired) electrons. The van der Waals surface area contributed by atoms with Gasteiger partial charge in [-0.05, 0) is 50.6 Å². The number of imide groups is 1. The molecule has 0 saturated carbocycles. The fourth-order valence-corrected chi connectivity index (χ4v) is 5.39. The molecular weight excluding hydrogens is 380 g/mol. The summed E-state index contributed by atoms with van der Waals surface area (Å²) < 4.78 is 5.18. The number of ether oxygens (including phenoxy) is 1. The Bertz CT molecular complexity index is 1010. The maximum absolute atomic E-state index is 13.5. The van der Waals surface area contributed by atoms with Crippen molar-refractivity contribution in [2.75, 3.05) is 18.6 Å². The molecule has 3 heterocycles. The number of nitrogens with zero attached hydrogens (tertiary/aromatic N) is 2. The van der Waals surface area contributed by atoms with Crippen molar-refractivity contribution >= 4 is 23.3 Å². The number of anilines is 1. The average molecular weight is 404 g/mol. The van der Waals surface area contributed by atoms with Gasteiger partial charge in [-0.15, -0.1) is 0 Å². The van der Waals surface area contributed by atoms with Crippen LogP contribution in [0.15, 0.2) is 48.5 Å². The third-order valence-corrected chi connectivity index (χ3v) is 6.79. The van der Waals surface area contributed by atoms with E-state index in [1.54, 1.807) is 31.4 Å². The van der Waals surface area contributed by atoms with Gasteiger partial charge in [0, 0.05) is 11.6 Å².